The topological polar surface area (TPSA) is 96.0 Å². The summed E-state index contributed by atoms with van der Waals surface area (Å²) < 4.78 is 27.6. The van der Waals surface area contributed by atoms with E-state index in [0.29, 0.717) is 35.7 Å². The van der Waals surface area contributed by atoms with Gasteiger partial charge in [0.05, 0.1) is 23.8 Å². The number of halogens is 2. The molecule has 8 nitrogen and oxygen atoms in total. The Kier molecular flexibility index (Phi) is 9.52. The third kappa shape index (κ3) is 6.49. The van der Waals surface area contributed by atoms with Gasteiger partial charge in [-0.25, -0.2) is 18.2 Å². The van der Waals surface area contributed by atoms with Crippen molar-refractivity contribution in [2.75, 3.05) is 20.7 Å². The zero-order chi connectivity index (χ0) is 29.2. The van der Waals surface area contributed by atoms with Crippen LogP contribution in [0, 0.1) is 5.41 Å². The lowest BCUT2D eigenvalue weighted by atomic mass is 9.67. The number of nitrogens with zero attached hydrogens (tertiary/aromatic N) is 2. The Labute approximate surface area is 247 Å². The number of amides is 2. The molecule has 4 rings (SSSR count). The first kappa shape index (κ1) is 30.8. The number of hydroxylamine groups is 1. The van der Waals surface area contributed by atoms with Crippen molar-refractivity contribution < 1.29 is 22.8 Å². The number of likely N-dealkylation sites (N-methyl/N-ethyl adjacent to an activating group) is 1. The Bertz CT molecular complexity index is 1340. The van der Waals surface area contributed by atoms with E-state index in [9.17, 15) is 18.0 Å². The molecule has 2 aromatic rings. The van der Waals surface area contributed by atoms with Gasteiger partial charge < -0.3 is 4.90 Å². The normalized spacial score (nSPS) is 24.3. The molecule has 0 aromatic heterocycles. The number of sulfonamides is 1. The molecule has 11 heteroatoms. The average molecular weight is 611 g/mol. The van der Waals surface area contributed by atoms with Crippen LogP contribution in [-0.2, 0) is 24.4 Å². The molecule has 1 N–H and O–H groups in total. The minimum Gasteiger partial charge on any atom is -0.330 e. The summed E-state index contributed by atoms with van der Waals surface area (Å²) >= 11 is 12.7. The molecular formula is C29H37Cl2N3O5S. The Morgan fingerprint density at radius 3 is 2.40 bits per heavy atom. The maximum absolute atomic E-state index is 14.5. The molecule has 0 spiro atoms. The number of rotatable bonds is 11. The molecule has 2 aliphatic rings. The zero-order valence-electron chi connectivity index (χ0n) is 23.3. The van der Waals surface area contributed by atoms with E-state index in [2.05, 4.69) is 5.48 Å². The van der Waals surface area contributed by atoms with Gasteiger partial charge in [-0.05, 0) is 61.1 Å². The summed E-state index contributed by atoms with van der Waals surface area (Å²) in [5.41, 5.74) is 3.06. The first-order valence-corrected chi connectivity index (χ1v) is 15.8. The number of nitrogens with one attached hydrogen (secondary N) is 1. The third-order valence-corrected chi connectivity index (χ3v) is 10.9. The fourth-order valence-electron chi connectivity index (χ4n) is 5.89. The van der Waals surface area contributed by atoms with Gasteiger partial charge >= 0.3 is 0 Å². The van der Waals surface area contributed by atoms with E-state index in [1.54, 1.807) is 32.2 Å². The monoisotopic (exact) mass is 609 g/mol. The maximum atomic E-state index is 14.5. The van der Waals surface area contributed by atoms with Crippen molar-refractivity contribution in [2.45, 2.75) is 69.2 Å². The van der Waals surface area contributed by atoms with Crippen LogP contribution in [0.15, 0.2) is 48.5 Å². The van der Waals surface area contributed by atoms with Gasteiger partial charge in [0.25, 0.3) is 0 Å². The molecule has 1 saturated heterocycles. The molecule has 0 bridgehead atoms. The molecule has 1 aliphatic carbocycles. The van der Waals surface area contributed by atoms with Crippen molar-refractivity contribution >= 4 is 45.0 Å². The van der Waals surface area contributed by atoms with Crippen LogP contribution in [0.1, 0.15) is 69.0 Å². The second-order valence-electron chi connectivity index (χ2n) is 11.1. The van der Waals surface area contributed by atoms with Crippen LogP contribution in [0.4, 0.5) is 0 Å². The van der Waals surface area contributed by atoms with Gasteiger partial charge in [-0.1, -0.05) is 61.3 Å². The fraction of sp³-hybridized carbons (Fsp3) is 0.517. The molecule has 2 aromatic carbocycles. The van der Waals surface area contributed by atoms with Crippen molar-refractivity contribution in [1.82, 2.24) is 14.7 Å². The molecular weight excluding hydrogens is 573 g/mol. The first-order chi connectivity index (χ1) is 18.9. The smallest absolute Gasteiger partial charge is 0.244 e. The number of hydrogen-bond acceptors (Lipinski definition) is 5. The fourth-order valence-corrected chi connectivity index (χ4v) is 7.83. The minimum atomic E-state index is -3.46. The highest BCUT2D eigenvalue weighted by atomic mass is 35.5. The van der Waals surface area contributed by atoms with E-state index in [1.807, 2.05) is 42.2 Å². The Balaban J connectivity index is 1.85. The molecule has 0 radical (unpaired) electrons. The Hall–Kier alpha value is -2.17. The van der Waals surface area contributed by atoms with Crippen molar-refractivity contribution in [3.05, 3.63) is 69.7 Å². The van der Waals surface area contributed by atoms with E-state index in [-0.39, 0.29) is 30.0 Å². The molecule has 1 saturated carbocycles. The zero-order valence-corrected chi connectivity index (χ0v) is 25.6. The molecule has 4 atom stereocenters. The molecule has 1 unspecified atom stereocenters. The maximum Gasteiger partial charge on any atom is 0.244 e. The van der Waals surface area contributed by atoms with Gasteiger partial charge in [-0.2, -0.15) is 0 Å². The lowest BCUT2D eigenvalue weighted by molar-refractivity contribution is -0.159. The number of hydrogen-bond donors (Lipinski definition) is 1. The molecule has 1 heterocycles. The second kappa shape index (κ2) is 12.4. The van der Waals surface area contributed by atoms with Crippen LogP contribution in [-0.4, -0.2) is 61.4 Å². The Morgan fingerprint density at radius 2 is 1.82 bits per heavy atom. The van der Waals surface area contributed by atoms with E-state index in [0.717, 1.165) is 11.1 Å². The third-order valence-electron chi connectivity index (χ3n) is 8.07. The summed E-state index contributed by atoms with van der Waals surface area (Å²) in [6.07, 6.45) is 2.11. The highest BCUT2D eigenvalue weighted by molar-refractivity contribution is 7.90. The van der Waals surface area contributed by atoms with Crippen molar-refractivity contribution in [3.63, 3.8) is 0 Å². The van der Waals surface area contributed by atoms with E-state index >= 15 is 0 Å². The van der Waals surface area contributed by atoms with Gasteiger partial charge in [0.15, 0.2) is 0 Å². The summed E-state index contributed by atoms with van der Waals surface area (Å²) in [7, 11) is -0.525. The summed E-state index contributed by atoms with van der Waals surface area (Å²) in [5.74, 6) is -0.854. The van der Waals surface area contributed by atoms with Crippen LogP contribution < -0.4 is 5.48 Å². The van der Waals surface area contributed by atoms with Crippen molar-refractivity contribution in [1.29, 1.82) is 0 Å². The predicted octanol–water partition coefficient (Wildman–Crippen LogP) is 5.33. The van der Waals surface area contributed by atoms with Crippen LogP contribution in [0.5, 0.6) is 0 Å². The number of benzene rings is 2. The van der Waals surface area contributed by atoms with Crippen LogP contribution >= 0.6 is 23.2 Å². The lowest BCUT2D eigenvalue weighted by Crippen LogP contribution is -2.58. The average Bonchev–Trinajstić information content (AvgIpc) is 3.76. The van der Waals surface area contributed by atoms with Crippen LogP contribution in [0.2, 0.25) is 10.0 Å². The molecule has 2 fully saturated rings. The van der Waals surface area contributed by atoms with Gasteiger partial charge in [-0.3, -0.25) is 14.4 Å². The van der Waals surface area contributed by atoms with Gasteiger partial charge in [-0.15, -0.1) is 0 Å². The summed E-state index contributed by atoms with van der Waals surface area (Å²) in [6, 6.07) is 14.0. The molecule has 40 heavy (non-hydrogen) atoms. The second-order valence-corrected chi connectivity index (χ2v) is 14.3. The highest BCUT2D eigenvalue weighted by Crippen LogP contribution is 2.52. The quantitative estimate of drug-likeness (QED) is 0.347. The molecule has 1 aliphatic heterocycles. The summed E-state index contributed by atoms with van der Waals surface area (Å²) in [4.78, 5) is 34.0. The largest absolute Gasteiger partial charge is 0.330 e. The lowest BCUT2D eigenvalue weighted by Gasteiger charge is -2.52. The van der Waals surface area contributed by atoms with E-state index < -0.39 is 33.4 Å². The Morgan fingerprint density at radius 1 is 1.15 bits per heavy atom. The number of carbonyl (C=O) groups excluding carboxylic acids is 2. The van der Waals surface area contributed by atoms with E-state index in [1.165, 1.54) is 11.4 Å². The van der Waals surface area contributed by atoms with Crippen LogP contribution in [0.25, 0.3) is 0 Å². The highest BCUT2D eigenvalue weighted by Gasteiger charge is 2.52. The van der Waals surface area contributed by atoms with Crippen LogP contribution in [0.3, 0.4) is 0 Å². The van der Waals surface area contributed by atoms with E-state index in [4.69, 9.17) is 28.0 Å². The van der Waals surface area contributed by atoms with Crippen molar-refractivity contribution in [3.8, 4) is 0 Å². The minimum absolute atomic E-state index is 0.0901. The standard InChI is InChI=1S/C29H37Cl2N3O5S/c1-5-23(18-33(3)40(37,38)24-13-14-24)34-27(19-9-11-21(30)12-10-19)25(20-7-6-8-22(31)15-20)16-29(2,28(34)36)17-26(35)32-39-4/h6-12,15,23-25,27H,5,13-14,16-18H2,1-4H3,(H,32,35)/t23?,25-,27-,29-/m1/s1. The molecule has 218 valence electrons. The van der Waals surface area contributed by atoms with Crippen molar-refractivity contribution in [2.24, 2.45) is 5.41 Å². The number of carbonyl (C=O) groups is 2. The molecule has 2 amide bonds. The summed E-state index contributed by atoms with van der Waals surface area (Å²) in [5, 5.41) is 0.776. The van der Waals surface area contributed by atoms with Gasteiger partial charge in [0, 0.05) is 42.0 Å². The number of likely N-dealkylation sites (tertiary alicyclic amines) is 1. The van der Waals surface area contributed by atoms with Gasteiger partial charge in [0.2, 0.25) is 21.8 Å². The number of piperidine rings is 1. The predicted molar refractivity (Wildman–Crippen MR) is 156 cm³/mol. The first-order valence-electron chi connectivity index (χ1n) is 13.5. The summed E-state index contributed by atoms with van der Waals surface area (Å²) in [6.45, 7) is 3.89. The van der Waals surface area contributed by atoms with Gasteiger partial charge in [0.1, 0.15) is 0 Å². The SMILES string of the molecule is CCC(CN(C)S(=O)(=O)C1CC1)N1C(=O)[C@@](C)(CC(=O)NOC)C[C@H](c2cccc(Cl)c2)[C@H]1c1ccc(Cl)cc1.